The fourth-order valence-corrected chi connectivity index (χ4v) is 2.33. The van der Waals surface area contributed by atoms with Crippen molar-refractivity contribution >= 4 is 34.4 Å². The number of carbonyl (C=O) groups is 3. The van der Waals surface area contributed by atoms with Crippen molar-refractivity contribution in [1.82, 2.24) is 5.06 Å². The van der Waals surface area contributed by atoms with Crippen LogP contribution >= 0.6 is 0 Å². The Balaban J connectivity index is 0.000000236. The lowest BCUT2D eigenvalue weighted by atomic mass is 10.0. The molecule has 25 heavy (non-hydrogen) atoms. The zero-order valence-electron chi connectivity index (χ0n) is 13.3. The molecule has 0 saturated carbocycles. The van der Waals surface area contributed by atoms with Gasteiger partial charge in [-0.25, -0.2) is 4.79 Å². The lowest BCUT2D eigenvalue weighted by Gasteiger charge is -2.06. The van der Waals surface area contributed by atoms with E-state index in [1.807, 2.05) is 0 Å². The van der Waals surface area contributed by atoms with Gasteiger partial charge in [0.15, 0.2) is 0 Å². The molecule has 132 valence electrons. The van der Waals surface area contributed by atoms with E-state index in [2.05, 4.69) is 0 Å². The standard InChI is InChI=1S/C12H11NO4.C4H5NO3/c1-6-8-3-2-7(13)4-10(8)17-12(16)9(6)5-11(14)15;6-3-1-2-4(7)5(3)8/h2-4H,5,13H2,1H3,(H,14,15);8H,1-2H2. The zero-order valence-corrected chi connectivity index (χ0v) is 13.3. The number of benzene rings is 1. The van der Waals surface area contributed by atoms with E-state index in [0.717, 1.165) is 0 Å². The second-order valence-electron chi connectivity index (χ2n) is 5.42. The Kier molecular flexibility index (Phi) is 5.18. The average molecular weight is 348 g/mol. The summed E-state index contributed by atoms with van der Waals surface area (Å²) < 4.78 is 5.06. The van der Waals surface area contributed by atoms with Gasteiger partial charge in [0.1, 0.15) is 5.58 Å². The van der Waals surface area contributed by atoms with Gasteiger partial charge in [-0.15, -0.1) is 0 Å². The van der Waals surface area contributed by atoms with Crippen LogP contribution in [0.5, 0.6) is 0 Å². The summed E-state index contributed by atoms with van der Waals surface area (Å²) in [4.78, 5) is 42.8. The molecule has 2 heterocycles. The second-order valence-corrected chi connectivity index (χ2v) is 5.42. The van der Waals surface area contributed by atoms with Gasteiger partial charge >= 0.3 is 11.6 Å². The topological polar surface area (TPSA) is 151 Å². The number of anilines is 1. The van der Waals surface area contributed by atoms with Gasteiger partial charge in [-0.2, -0.15) is 5.06 Å². The minimum absolute atomic E-state index is 0.148. The van der Waals surface area contributed by atoms with Crippen LogP contribution in [0.25, 0.3) is 11.0 Å². The Morgan fingerprint density at radius 1 is 1.24 bits per heavy atom. The van der Waals surface area contributed by atoms with Gasteiger partial charge in [-0.3, -0.25) is 19.6 Å². The Labute approximate surface area is 141 Å². The molecule has 1 aliphatic rings. The molecule has 1 saturated heterocycles. The Hall–Kier alpha value is -3.20. The number of imide groups is 1. The van der Waals surface area contributed by atoms with Crippen molar-refractivity contribution in [3.05, 3.63) is 39.7 Å². The second kappa shape index (κ2) is 7.14. The molecule has 9 nitrogen and oxygen atoms in total. The van der Waals surface area contributed by atoms with Crippen molar-refractivity contribution in [2.75, 3.05) is 5.73 Å². The molecule has 0 atom stereocenters. The van der Waals surface area contributed by atoms with Crippen LogP contribution in [0, 0.1) is 6.92 Å². The van der Waals surface area contributed by atoms with Gasteiger partial charge in [0.2, 0.25) is 0 Å². The first kappa shape index (κ1) is 18.1. The number of fused-ring (bicyclic) bond motifs is 1. The molecule has 1 aromatic heterocycles. The molecule has 1 aliphatic heterocycles. The molecule has 2 aromatic rings. The van der Waals surface area contributed by atoms with Crippen LogP contribution in [0.3, 0.4) is 0 Å². The monoisotopic (exact) mass is 348 g/mol. The van der Waals surface area contributed by atoms with Crippen LogP contribution in [0.1, 0.15) is 24.0 Å². The summed E-state index contributed by atoms with van der Waals surface area (Å²) in [6.45, 7) is 1.70. The van der Waals surface area contributed by atoms with Crippen LogP contribution in [-0.4, -0.2) is 33.2 Å². The van der Waals surface area contributed by atoms with Crippen LogP contribution in [0.15, 0.2) is 27.4 Å². The Morgan fingerprint density at radius 2 is 1.84 bits per heavy atom. The first-order chi connectivity index (χ1) is 11.7. The zero-order chi connectivity index (χ0) is 18.7. The van der Waals surface area contributed by atoms with Crippen molar-refractivity contribution in [2.24, 2.45) is 0 Å². The normalized spacial score (nSPS) is 13.8. The van der Waals surface area contributed by atoms with Gasteiger partial charge < -0.3 is 15.3 Å². The number of nitrogens with two attached hydrogens (primary N) is 1. The van der Waals surface area contributed by atoms with Gasteiger partial charge in [0.05, 0.1) is 12.0 Å². The van der Waals surface area contributed by atoms with Crippen LogP contribution < -0.4 is 11.4 Å². The first-order valence-electron chi connectivity index (χ1n) is 7.29. The molecule has 0 unspecified atom stereocenters. The smallest absolute Gasteiger partial charge is 0.340 e. The molecule has 3 rings (SSSR count). The van der Waals surface area contributed by atoms with E-state index < -0.39 is 23.4 Å². The predicted molar refractivity (Wildman–Crippen MR) is 85.8 cm³/mol. The van der Waals surface area contributed by atoms with Crippen molar-refractivity contribution in [2.45, 2.75) is 26.2 Å². The largest absolute Gasteiger partial charge is 0.481 e. The van der Waals surface area contributed by atoms with Crippen LogP contribution in [0.2, 0.25) is 0 Å². The lowest BCUT2D eigenvalue weighted by molar-refractivity contribution is -0.171. The van der Waals surface area contributed by atoms with Gasteiger partial charge in [-0.1, -0.05) is 0 Å². The number of carboxylic acids is 1. The molecule has 4 N–H and O–H groups in total. The van der Waals surface area contributed by atoms with Gasteiger partial charge in [0.25, 0.3) is 11.8 Å². The van der Waals surface area contributed by atoms with E-state index in [-0.39, 0.29) is 29.9 Å². The fourth-order valence-electron chi connectivity index (χ4n) is 2.33. The van der Waals surface area contributed by atoms with E-state index in [9.17, 15) is 19.2 Å². The third-order valence-corrected chi connectivity index (χ3v) is 3.66. The Morgan fingerprint density at radius 3 is 2.32 bits per heavy atom. The van der Waals surface area contributed by atoms with Crippen LogP contribution in [0.4, 0.5) is 5.69 Å². The molecule has 2 amide bonds. The third-order valence-electron chi connectivity index (χ3n) is 3.66. The number of amides is 2. The molecule has 0 spiro atoms. The molecular weight excluding hydrogens is 332 g/mol. The molecule has 1 aromatic carbocycles. The summed E-state index contributed by atoms with van der Waals surface area (Å²) in [6, 6.07) is 4.95. The predicted octanol–water partition coefficient (Wildman–Crippen LogP) is 0.835. The number of nitrogen functional groups attached to an aromatic ring is 1. The maximum Gasteiger partial charge on any atom is 0.340 e. The minimum Gasteiger partial charge on any atom is -0.481 e. The molecule has 9 heteroatoms. The van der Waals surface area contributed by atoms with Crippen molar-refractivity contribution < 1.29 is 29.1 Å². The Bertz CT molecular complexity index is 901. The van der Waals surface area contributed by atoms with Crippen LogP contribution in [-0.2, 0) is 20.8 Å². The summed E-state index contributed by atoms with van der Waals surface area (Å²) in [5, 5.41) is 18.0. The number of hydroxylamine groups is 2. The summed E-state index contributed by atoms with van der Waals surface area (Å²) in [7, 11) is 0. The highest BCUT2D eigenvalue weighted by Crippen LogP contribution is 2.21. The first-order valence-corrected chi connectivity index (χ1v) is 7.29. The number of hydrogen-bond donors (Lipinski definition) is 3. The highest BCUT2D eigenvalue weighted by atomic mass is 16.5. The number of carbonyl (C=O) groups excluding carboxylic acids is 2. The fraction of sp³-hybridized carbons (Fsp3) is 0.250. The summed E-state index contributed by atoms with van der Waals surface area (Å²) in [6.07, 6.45) is -0.0425. The summed E-state index contributed by atoms with van der Waals surface area (Å²) >= 11 is 0. The van der Waals surface area contributed by atoms with E-state index in [1.165, 1.54) is 0 Å². The number of carboxylic acid groups (broad SMARTS) is 1. The number of rotatable bonds is 2. The maximum atomic E-state index is 11.6. The highest BCUT2D eigenvalue weighted by Gasteiger charge is 2.26. The van der Waals surface area contributed by atoms with E-state index in [1.54, 1.807) is 25.1 Å². The maximum absolute atomic E-state index is 11.6. The highest BCUT2D eigenvalue weighted by molar-refractivity contribution is 6.00. The van der Waals surface area contributed by atoms with E-state index in [0.29, 0.717) is 22.2 Å². The number of nitrogens with zero attached hydrogens (tertiary/aromatic N) is 1. The lowest BCUT2D eigenvalue weighted by Crippen LogP contribution is -2.24. The SMILES string of the molecule is Cc1c(CC(=O)O)c(=O)oc2cc(N)ccc12.O=C1CCC(=O)N1O. The molecule has 0 bridgehead atoms. The van der Waals surface area contributed by atoms with Crippen molar-refractivity contribution in [1.29, 1.82) is 0 Å². The summed E-state index contributed by atoms with van der Waals surface area (Å²) in [5.74, 6) is -2.07. The quantitative estimate of drug-likeness (QED) is 0.312. The summed E-state index contributed by atoms with van der Waals surface area (Å²) in [5.41, 5.74) is 6.63. The van der Waals surface area contributed by atoms with Crippen molar-refractivity contribution in [3.8, 4) is 0 Å². The molecular formula is C16H16N2O7. The third kappa shape index (κ3) is 4.01. The van der Waals surface area contributed by atoms with Gasteiger partial charge in [0, 0.05) is 30.0 Å². The van der Waals surface area contributed by atoms with Crippen molar-refractivity contribution in [3.63, 3.8) is 0 Å². The minimum atomic E-state index is -1.06. The number of hydrogen-bond acceptors (Lipinski definition) is 7. The molecule has 0 radical (unpaired) electrons. The average Bonchev–Trinajstić information content (AvgIpc) is 2.83. The van der Waals surface area contributed by atoms with E-state index in [4.69, 9.17) is 20.5 Å². The van der Waals surface area contributed by atoms with Gasteiger partial charge in [-0.05, 0) is 24.6 Å². The number of aryl methyl sites for hydroxylation is 1. The number of aliphatic carboxylic acids is 1. The molecule has 1 fully saturated rings. The molecule has 0 aliphatic carbocycles. The van der Waals surface area contributed by atoms with E-state index >= 15 is 0 Å².